The number of nitrogens with zero attached hydrogens (tertiary/aromatic N) is 1. The third-order valence-corrected chi connectivity index (χ3v) is 1.27. The molecular weight excluding hydrogens is 154 g/mol. The SMILES string of the molecule is O=C1CCNN1.c1ccncc1. The van der Waals surface area contributed by atoms with Crippen molar-refractivity contribution < 1.29 is 4.79 Å². The van der Waals surface area contributed by atoms with Gasteiger partial charge in [0.15, 0.2) is 0 Å². The highest BCUT2D eigenvalue weighted by Crippen LogP contribution is 1.79. The van der Waals surface area contributed by atoms with Gasteiger partial charge in [0.2, 0.25) is 5.91 Å². The fourth-order valence-corrected chi connectivity index (χ4v) is 0.712. The van der Waals surface area contributed by atoms with Crippen molar-refractivity contribution in [3.63, 3.8) is 0 Å². The summed E-state index contributed by atoms with van der Waals surface area (Å²) in [6.07, 6.45) is 4.12. The largest absolute Gasteiger partial charge is 0.292 e. The molecule has 1 aromatic heterocycles. The molecule has 2 rings (SSSR count). The van der Waals surface area contributed by atoms with E-state index in [1.165, 1.54) is 0 Å². The van der Waals surface area contributed by atoms with Gasteiger partial charge in [0.05, 0.1) is 0 Å². The third kappa shape index (κ3) is 3.68. The van der Waals surface area contributed by atoms with E-state index in [1.807, 2.05) is 18.2 Å². The van der Waals surface area contributed by atoms with Crippen molar-refractivity contribution in [2.24, 2.45) is 0 Å². The van der Waals surface area contributed by atoms with E-state index in [0.717, 1.165) is 6.54 Å². The number of carbonyl (C=O) groups excluding carboxylic acids is 1. The summed E-state index contributed by atoms with van der Waals surface area (Å²) in [7, 11) is 0. The zero-order chi connectivity index (χ0) is 8.65. The molecular formula is C8H11N3O. The average molecular weight is 165 g/mol. The van der Waals surface area contributed by atoms with Gasteiger partial charge in [-0.15, -0.1) is 0 Å². The highest BCUT2D eigenvalue weighted by atomic mass is 16.2. The Hall–Kier alpha value is -1.42. The van der Waals surface area contributed by atoms with E-state index >= 15 is 0 Å². The van der Waals surface area contributed by atoms with E-state index in [4.69, 9.17) is 0 Å². The van der Waals surface area contributed by atoms with Gasteiger partial charge >= 0.3 is 0 Å². The van der Waals surface area contributed by atoms with Crippen molar-refractivity contribution in [1.29, 1.82) is 0 Å². The fraction of sp³-hybridized carbons (Fsp3) is 0.250. The second-order valence-electron chi connectivity index (χ2n) is 2.25. The Labute approximate surface area is 71.0 Å². The second kappa shape index (κ2) is 5.26. The van der Waals surface area contributed by atoms with E-state index < -0.39 is 0 Å². The Morgan fingerprint density at radius 2 is 2.00 bits per heavy atom. The number of aromatic nitrogens is 1. The maximum Gasteiger partial charge on any atom is 0.235 e. The van der Waals surface area contributed by atoms with Crippen LogP contribution >= 0.6 is 0 Å². The van der Waals surface area contributed by atoms with Crippen LogP contribution in [0.5, 0.6) is 0 Å². The van der Waals surface area contributed by atoms with E-state index in [-0.39, 0.29) is 5.91 Å². The lowest BCUT2D eigenvalue weighted by Crippen LogP contribution is -2.25. The predicted molar refractivity (Wildman–Crippen MR) is 45.0 cm³/mol. The van der Waals surface area contributed by atoms with Crippen molar-refractivity contribution >= 4 is 5.91 Å². The molecule has 0 saturated carbocycles. The van der Waals surface area contributed by atoms with Crippen LogP contribution in [0.1, 0.15) is 6.42 Å². The number of amides is 1. The van der Waals surface area contributed by atoms with Crippen LogP contribution in [0.25, 0.3) is 0 Å². The van der Waals surface area contributed by atoms with Gasteiger partial charge in [0, 0.05) is 25.4 Å². The standard InChI is InChI=1S/C5H5N.C3H6N2O/c1-2-4-6-5-3-1;6-3-1-2-4-5-3/h1-5H;4H,1-2H2,(H,5,6). The van der Waals surface area contributed by atoms with Gasteiger partial charge in [-0.25, -0.2) is 5.43 Å². The number of pyridine rings is 1. The first-order valence-electron chi connectivity index (χ1n) is 3.76. The molecule has 0 atom stereocenters. The minimum absolute atomic E-state index is 0.0926. The molecule has 1 saturated heterocycles. The lowest BCUT2D eigenvalue weighted by molar-refractivity contribution is -0.119. The average Bonchev–Trinajstić information content (AvgIpc) is 2.60. The van der Waals surface area contributed by atoms with Crippen molar-refractivity contribution in [1.82, 2.24) is 15.8 Å². The third-order valence-electron chi connectivity index (χ3n) is 1.27. The van der Waals surface area contributed by atoms with E-state index in [0.29, 0.717) is 6.42 Å². The number of rotatable bonds is 0. The van der Waals surface area contributed by atoms with Crippen molar-refractivity contribution in [3.8, 4) is 0 Å². The predicted octanol–water partition coefficient (Wildman–Crippen LogP) is 0.0925. The van der Waals surface area contributed by atoms with Gasteiger partial charge in [-0.2, -0.15) is 0 Å². The molecule has 0 aromatic carbocycles. The van der Waals surface area contributed by atoms with Gasteiger partial charge in [-0.1, -0.05) is 6.07 Å². The summed E-state index contributed by atoms with van der Waals surface area (Å²) >= 11 is 0. The van der Waals surface area contributed by atoms with Gasteiger partial charge in [-0.3, -0.25) is 15.2 Å². The quantitative estimate of drug-likeness (QED) is 0.573. The summed E-state index contributed by atoms with van der Waals surface area (Å²) in [5.74, 6) is 0.0926. The number of carbonyl (C=O) groups is 1. The lowest BCUT2D eigenvalue weighted by atomic mass is 10.5. The minimum Gasteiger partial charge on any atom is -0.292 e. The van der Waals surface area contributed by atoms with Crippen molar-refractivity contribution in [2.45, 2.75) is 6.42 Å². The van der Waals surface area contributed by atoms with Gasteiger partial charge in [0.25, 0.3) is 0 Å². The van der Waals surface area contributed by atoms with Crippen LogP contribution in [0.2, 0.25) is 0 Å². The normalized spacial score (nSPS) is 14.5. The molecule has 1 aromatic rings. The Bertz CT molecular complexity index is 190. The summed E-state index contributed by atoms with van der Waals surface area (Å²) in [6, 6.07) is 5.72. The molecule has 1 aliphatic rings. The maximum atomic E-state index is 10.1. The summed E-state index contributed by atoms with van der Waals surface area (Å²) in [5, 5.41) is 0. The van der Waals surface area contributed by atoms with E-state index in [9.17, 15) is 4.79 Å². The Morgan fingerprint density at radius 3 is 2.17 bits per heavy atom. The van der Waals surface area contributed by atoms with Crippen LogP contribution in [0.3, 0.4) is 0 Å². The zero-order valence-electron chi connectivity index (χ0n) is 6.66. The van der Waals surface area contributed by atoms with Crippen LogP contribution in [0.15, 0.2) is 30.6 Å². The molecule has 0 aliphatic carbocycles. The topological polar surface area (TPSA) is 54.0 Å². The highest BCUT2D eigenvalue weighted by molar-refractivity contribution is 5.77. The maximum absolute atomic E-state index is 10.1. The van der Waals surface area contributed by atoms with Crippen LogP contribution in [0.4, 0.5) is 0 Å². The number of hydrazine groups is 1. The smallest absolute Gasteiger partial charge is 0.235 e. The Kier molecular flexibility index (Phi) is 3.80. The summed E-state index contributed by atoms with van der Waals surface area (Å²) in [6.45, 7) is 0.777. The number of nitrogens with one attached hydrogen (secondary N) is 2. The molecule has 0 spiro atoms. The summed E-state index contributed by atoms with van der Waals surface area (Å²) in [4.78, 5) is 13.9. The van der Waals surface area contributed by atoms with Gasteiger partial charge in [0.1, 0.15) is 0 Å². The van der Waals surface area contributed by atoms with Crippen LogP contribution in [0, 0.1) is 0 Å². The molecule has 2 N–H and O–H groups in total. The molecule has 0 bridgehead atoms. The van der Waals surface area contributed by atoms with Crippen molar-refractivity contribution in [2.75, 3.05) is 6.54 Å². The molecule has 4 nitrogen and oxygen atoms in total. The highest BCUT2D eigenvalue weighted by Gasteiger charge is 2.04. The van der Waals surface area contributed by atoms with Crippen LogP contribution < -0.4 is 10.9 Å². The molecule has 1 fully saturated rings. The summed E-state index contributed by atoms with van der Waals surface area (Å²) in [5.41, 5.74) is 5.10. The fourth-order valence-electron chi connectivity index (χ4n) is 0.712. The van der Waals surface area contributed by atoms with Crippen LogP contribution in [-0.4, -0.2) is 17.4 Å². The minimum atomic E-state index is 0.0926. The first-order valence-corrected chi connectivity index (χ1v) is 3.76. The molecule has 4 heteroatoms. The number of hydrogen-bond donors (Lipinski definition) is 2. The van der Waals surface area contributed by atoms with Crippen LogP contribution in [-0.2, 0) is 4.79 Å². The van der Waals surface area contributed by atoms with Gasteiger partial charge in [-0.05, 0) is 12.1 Å². The molecule has 0 radical (unpaired) electrons. The molecule has 0 unspecified atom stereocenters. The summed E-state index contributed by atoms with van der Waals surface area (Å²) < 4.78 is 0. The molecule has 12 heavy (non-hydrogen) atoms. The molecule has 1 amide bonds. The Morgan fingerprint density at radius 1 is 1.25 bits per heavy atom. The number of hydrogen-bond acceptors (Lipinski definition) is 3. The first-order chi connectivity index (χ1) is 5.89. The van der Waals surface area contributed by atoms with E-state index in [2.05, 4.69) is 15.8 Å². The lowest BCUT2D eigenvalue weighted by Gasteiger charge is -1.83. The first kappa shape index (κ1) is 8.67. The molecule has 64 valence electrons. The van der Waals surface area contributed by atoms with Gasteiger partial charge < -0.3 is 0 Å². The monoisotopic (exact) mass is 165 g/mol. The second-order valence-corrected chi connectivity index (χ2v) is 2.25. The zero-order valence-corrected chi connectivity index (χ0v) is 6.66. The molecule has 2 heterocycles. The van der Waals surface area contributed by atoms with Crippen molar-refractivity contribution in [3.05, 3.63) is 30.6 Å². The van der Waals surface area contributed by atoms with E-state index in [1.54, 1.807) is 12.4 Å². The molecule has 1 aliphatic heterocycles. The Balaban J connectivity index is 0.000000120.